The summed E-state index contributed by atoms with van der Waals surface area (Å²) in [5.74, 6) is 0.552. The molecular formula is C11H23Cl. The van der Waals surface area contributed by atoms with E-state index in [1.807, 2.05) is 13.8 Å². The lowest BCUT2D eigenvalue weighted by Gasteiger charge is -2.12. The molecule has 0 N–H and O–H groups in total. The monoisotopic (exact) mass is 190 g/mol. The Balaban J connectivity index is 0. The quantitative estimate of drug-likeness (QED) is 0.574. The van der Waals surface area contributed by atoms with Gasteiger partial charge in [-0.05, 0) is 18.8 Å². The van der Waals surface area contributed by atoms with Gasteiger partial charge in [0, 0.05) is 5.03 Å². The van der Waals surface area contributed by atoms with Gasteiger partial charge >= 0.3 is 0 Å². The molecule has 0 spiro atoms. The van der Waals surface area contributed by atoms with E-state index in [4.69, 9.17) is 11.6 Å². The molecule has 0 saturated heterocycles. The van der Waals surface area contributed by atoms with E-state index >= 15 is 0 Å². The van der Waals surface area contributed by atoms with Gasteiger partial charge in [0.15, 0.2) is 0 Å². The van der Waals surface area contributed by atoms with E-state index in [0.29, 0.717) is 5.92 Å². The van der Waals surface area contributed by atoms with Crippen molar-refractivity contribution in [3.8, 4) is 0 Å². The maximum absolute atomic E-state index is 5.81. The smallest absolute Gasteiger partial charge is 0.0140 e. The average molecular weight is 191 g/mol. The van der Waals surface area contributed by atoms with Gasteiger partial charge in [-0.25, -0.2) is 0 Å². The lowest BCUT2D eigenvalue weighted by Crippen LogP contribution is -1.98. The van der Waals surface area contributed by atoms with Crippen molar-refractivity contribution in [3.63, 3.8) is 0 Å². The molecule has 1 heteroatoms. The third kappa shape index (κ3) is 8.13. The summed E-state index contributed by atoms with van der Waals surface area (Å²) in [6.07, 6.45) is 4.79. The SMILES string of the molecule is C=C(Cl)C(CCC)CCC.CC. The van der Waals surface area contributed by atoms with Crippen molar-refractivity contribution in [1.29, 1.82) is 0 Å². The number of hydrogen-bond acceptors (Lipinski definition) is 0. The van der Waals surface area contributed by atoms with Crippen LogP contribution in [0.3, 0.4) is 0 Å². The van der Waals surface area contributed by atoms with E-state index in [-0.39, 0.29) is 0 Å². The van der Waals surface area contributed by atoms with Crippen molar-refractivity contribution in [1.82, 2.24) is 0 Å². The van der Waals surface area contributed by atoms with E-state index in [0.717, 1.165) is 5.03 Å². The maximum Gasteiger partial charge on any atom is 0.0140 e. The van der Waals surface area contributed by atoms with Gasteiger partial charge in [-0.2, -0.15) is 0 Å². The van der Waals surface area contributed by atoms with Crippen LogP contribution < -0.4 is 0 Å². The number of hydrogen-bond donors (Lipinski definition) is 0. The van der Waals surface area contributed by atoms with Crippen LogP contribution >= 0.6 is 11.6 Å². The molecule has 0 bridgehead atoms. The summed E-state index contributed by atoms with van der Waals surface area (Å²) >= 11 is 5.81. The van der Waals surface area contributed by atoms with Crippen LogP contribution in [-0.4, -0.2) is 0 Å². The number of allylic oxidation sites excluding steroid dienone is 1. The van der Waals surface area contributed by atoms with Crippen LogP contribution in [0.15, 0.2) is 11.6 Å². The van der Waals surface area contributed by atoms with E-state index in [1.54, 1.807) is 0 Å². The Morgan fingerprint density at radius 1 is 1.17 bits per heavy atom. The number of rotatable bonds is 5. The summed E-state index contributed by atoms with van der Waals surface area (Å²) in [5, 5.41) is 0.837. The number of halogens is 1. The fraction of sp³-hybridized carbons (Fsp3) is 0.818. The first-order valence-electron chi connectivity index (χ1n) is 5.06. The lowest BCUT2D eigenvalue weighted by molar-refractivity contribution is 0.522. The van der Waals surface area contributed by atoms with Crippen LogP contribution in [0.5, 0.6) is 0 Å². The molecule has 0 saturated carbocycles. The molecule has 0 aromatic carbocycles. The zero-order chi connectivity index (χ0) is 9.98. The molecule has 0 fully saturated rings. The molecule has 0 atom stereocenters. The van der Waals surface area contributed by atoms with Crippen LogP contribution in [0.1, 0.15) is 53.4 Å². The van der Waals surface area contributed by atoms with Crippen molar-refractivity contribution in [2.45, 2.75) is 53.4 Å². The summed E-state index contributed by atoms with van der Waals surface area (Å²) in [6.45, 7) is 12.1. The van der Waals surface area contributed by atoms with E-state index < -0.39 is 0 Å². The standard InChI is InChI=1S/C9H17Cl.C2H6/c1-4-6-9(7-5-2)8(3)10;1-2/h9H,3-7H2,1-2H3;1-2H3. The van der Waals surface area contributed by atoms with Gasteiger partial charge in [-0.1, -0.05) is 58.7 Å². The Bertz CT molecular complexity index is 91.2. The van der Waals surface area contributed by atoms with E-state index in [9.17, 15) is 0 Å². The van der Waals surface area contributed by atoms with Crippen LogP contribution in [0, 0.1) is 5.92 Å². The van der Waals surface area contributed by atoms with Crippen molar-refractivity contribution in [3.05, 3.63) is 11.6 Å². The Hall–Kier alpha value is 0.0300. The molecule has 0 aromatic heterocycles. The van der Waals surface area contributed by atoms with Crippen LogP contribution in [0.4, 0.5) is 0 Å². The molecule has 0 unspecified atom stereocenters. The summed E-state index contributed by atoms with van der Waals surface area (Å²) in [7, 11) is 0. The van der Waals surface area contributed by atoms with Gasteiger partial charge < -0.3 is 0 Å². The van der Waals surface area contributed by atoms with Crippen LogP contribution in [0.2, 0.25) is 0 Å². The molecule has 12 heavy (non-hydrogen) atoms. The summed E-state index contributed by atoms with van der Waals surface area (Å²) in [5.41, 5.74) is 0. The zero-order valence-electron chi connectivity index (χ0n) is 8.99. The average Bonchev–Trinajstić information content (AvgIpc) is 2.08. The Kier molecular flexibility index (Phi) is 13.4. The highest BCUT2D eigenvalue weighted by molar-refractivity contribution is 6.29. The Morgan fingerprint density at radius 3 is 1.67 bits per heavy atom. The van der Waals surface area contributed by atoms with Gasteiger partial charge in [0.2, 0.25) is 0 Å². The lowest BCUT2D eigenvalue weighted by atomic mass is 9.98. The minimum absolute atomic E-state index is 0.552. The second-order valence-electron chi connectivity index (χ2n) is 2.72. The molecule has 0 heterocycles. The largest absolute Gasteiger partial charge is 0.0895 e. The van der Waals surface area contributed by atoms with Crippen LogP contribution in [-0.2, 0) is 0 Å². The maximum atomic E-state index is 5.81. The molecule has 0 rings (SSSR count). The summed E-state index contributed by atoms with van der Waals surface area (Å²) < 4.78 is 0. The fourth-order valence-corrected chi connectivity index (χ4v) is 1.37. The van der Waals surface area contributed by atoms with Gasteiger partial charge in [-0.15, -0.1) is 0 Å². The van der Waals surface area contributed by atoms with E-state index in [2.05, 4.69) is 20.4 Å². The zero-order valence-corrected chi connectivity index (χ0v) is 9.75. The highest BCUT2D eigenvalue weighted by atomic mass is 35.5. The molecule has 74 valence electrons. The molecule has 0 aliphatic rings. The molecule has 0 aliphatic carbocycles. The molecule has 0 nitrogen and oxygen atoms in total. The third-order valence-electron chi connectivity index (χ3n) is 1.72. The van der Waals surface area contributed by atoms with Gasteiger partial charge in [0.25, 0.3) is 0 Å². The summed E-state index contributed by atoms with van der Waals surface area (Å²) in [4.78, 5) is 0. The third-order valence-corrected chi connectivity index (χ3v) is 2.03. The predicted molar refractivity (Wildman–Crippen MR) is 59.6 cm³/mol. The molecule has 0 radical (unpaired) electrons. The topological polar surface area (TPSA) is 0 Å². The highest BCUT2D eigenvalue weighted by Gasteiger charge is 2.07. The van der Waals surface area contributed by atoms with Crippen molar-refractivity contribution >= 4 is 11.6 Å². The first-order valence-corrected chi connectivity index (χ1v) is 5.44. The molecule has 0 aromatic rings. The molecule has 0 amide bonds. The van der Waals surface area contributed by atoms with Gasteiger partial charge in [0.1, 0.15) is 0 Å². The van der Waals surface area contributed by atoms with Crippen molar-refractivity contribution < 1.29 is 0 Å². The van der Waals surface area contributed by atoms with Gasteiger partial charge in [0.05, 0.1) is 0 Å². The Morgan fingerprint density at radius 2 is 1.50 bits per heavy atom. The molecule has 0 aliphatic heterocycles. The minimum Gasteiger partial charge on any atom is -0.0895 e. The minimum atomic E-state index is 0.552. The van der Waals surface area contributed by atoms with Gasteiger partial charge in [-0.3, -0.25) is 0 Å². The van der Waals surface area contributed by atoms with Crippen molar-refractivity contribution in [2.24, 2.45) is 5.92 Å². The van der Waals surface area contributed by atoms with Crippen molar-refractivity contribution in [2.75, 3.05) is 0 Å². The second-order valence-corrected chi connectivity index (χ2v) is 3.21. The van der Waals surface area contributed by atoms with Crippen LogP contribution in [0.25, 0.3) is 0 Å². The Labute approximate surface area is 83.0 Å². The highest BCUT2D eigenvalue weighted by Crippen LogP contribution is 2.23. The summed E-state index contributed by atoms with van der Waals surface area (Å²) in [6, 6.07) is 0. The fourth-order valence-electron chi connectivity index (χ4n) is 1.15. The normalized spacial score (nSPS) is 9.17. The first kappa shape index (κ1) is 14.5. The predicted octanol–water partition coefficient (Wildman–Crippen LogP) is 4.98. The second kappa shape index (κ2) is 11.0. The molecular weight excluding hydrogens is 168 g/mol. The first-order chi connectivity index (χ1) is 5.72. The van der Waals surface area contributed by atoms with E-state index in [1.165, 1.54) is 25.7 Å².